The van der Waals surface area contributed by atoms with E-state index in [4.69, 9.17) is 14.6 Å². The molecule has 0 bridgehead atoms. The quantitative estimate of drug-likeness (QED) is 0.770. The number of hydrogen-bond donors (Lipinski definition) is 2. The Hall–Kier alpha value is -1.86. The second-order valence-corrected chi connectivity index (χ2v) is 4.12. The molecule has 104 valence electrons. The number of aromatic nitrogens is 2. The van der Waals surface area contributed by atoms with Crippen LogP contribution in [0, 0.1) is 0 Å². The first-order chi connectivity index (χ1) is 9.08. The molecule has 0 amide bonds. The lowest BCUT2D eigenvalue weighted by molar-refractivity contribution is 0.0229. The molecule has 2 rings (SSSR count). The van der Waals surface area contributed by atoms with Crippen LogP contribution in [0.3, 0.4) is 0 Å². The molecule has 19 heavy (non-hydrogen) atoms. The lowest BCUT2D eigenvalue weighted by atomic mass is 10.1. The lowest BCUT2D eigenvalue weighted by Gasteiger charge is -2.13. The van der Waals surface area contributed by atoms with Gasteiger partial charge in [0, 0.05) is 17.8 Å². The van der Waals surface area contributed by atoms with E-state index in [2.05, 4.69) is 4.98 Å². The second-order valence-electron chi connectivity index (χ2n) is 4.12. The fraction of sp³-hybridized carbons (Fsp3) is 0.500. The molecule has 0 saturated heterocycles. The molecule has 2 atom stereocenters. The zero-order valence-corrected chi connectivity index (χ0v) is 10.7. The minimum Gasteiger partial charge on any atom is -0.478 e. The number of aliphatic hydroxyl groups is 2. The molecule has 0 spiro atoms. The molecule has 1 aliphatic rings. The van der Waals surface area contributed by atoms with Gasteiger partial charge in [-0.1, -0.05) is 0 Å². The van der Waals surface area contributed by atoms with Crippen LogP contribution in [-0.2, 0) is 4.74 Å². The molecule has 1 unspecified atom stereocenters. The van der Waals surface area contributed by atoms with E-state index in [0.29, 0.717) is 12.2 Å². The minimum absolute atomic E-state index is 0.201. The van der Waals surface area contributed by atoms with Crippen molar-refractivity contribution < 1.29 is 19.7 Å². The van der Waals surface area contributed by atoms with E-state index < -0.39 is 17.9 Å². The van der Waals surface area contributed by atoms with Crippen molar-refractivity contribution in [3.05, 3.63) is 28.3 Å². The topological polar surface area (TPSA) is 93.8 Å². The Bertz CT molecular complexity index is 551. The zero-order chi connectivity index (χ0) is 14.0. The van der Waals surface area contributed by atoms with E-state index in [1.165, 1.54) is 16.8 Å². The molecule has 1 aromatic heterocycles. The van der Waals surface area contributed by atoms with Gasteiger partial charge in [-0.25, -0.2) is 9.36 Å². The van der Waals surface area contributed by atoms with Gasteiger partial charge >= 0.3 is 5.69 Å². The molecule has 0 fully saturated rings. The first kappa shape index (κ1) is 13.6. The van der Waals surface area contributed by atoms with Gasteiger partial charge in [-0.3, -0.25) is 0 Å². The average molecular weight is 268 g/mol. The minimum atomic E-state index is -0.932. The smallest absolute Gasteiger partial charge is 0.357 e. The summed E-state index contributed by atoms with van der Waals surface area (Å²) < 4.78 is 11.7. The number of rotatable bonds is 4. The normalized spacial score (nSPS) is 22.5. The second kappa shape index (κ2) is 5.41. The summed E-state index contributed by atoms with van der Waals surface area (Å²) in [7, 11) is 0. The van der Waals surface area contributed by atoms with Gasteiger partial charge in [-0.15, -0.1) is 0 Å². The highest BCUT2D eigenvalue weighted by atomic mass is 16.5. The Morgan fingerprint density at radius 1 is 1.58 bits per heavy atom. The Morgan fingerprint density at radius 2 is 2.32 bits per heavy atom. The van der Waals surface area contributed by atoms with Gasteiger partial charge in [0.25, 0.3) is 0 Å². The van der Waals surface area contributed by atoms with Gasteiger partial charge in [0.15, 0.2) is 6.10 Å². The summed E-state index contributed by atoms with van der Waals surface area (Å²) in [6.07, 6.45) is -0.224. The Morgan fingerprint density at radius 3 is 2.84 bits per heavy atom. The van der Waals surface area contributed by atoms with Crippen LogP contribution in [0.5, 0.6) is 5.88 Å². The van der Waals surface area contributed by atoms with Crippen molar-refractivity contribution in [1.82, 2.24) is 9.55 Å². The third kappa shape index (κ3) is 2.47. The fourth-order valence-corrected chi connectivity index (χ4v) is 1.86. The van der Waals surface area contributed by atoms with Crippen molar-refractivity contribution in [3.8, 4) is 5.88 Å². The molecule has 1 aromatic rings. The molecule has 0 radical (unpaired) electrons. The van der Waals surface area contributed by atoms with Crippen LogP contribution in [-0.4, -0.2) is 45.2 Å². The van der Waals surface area contributed by atoms with Crippen LogP contribution in [0.2, 0.25) is 0 Å². The molecule has 2 heterocycles. The molecule has 1 aliphatic heterocycles. The van der Waals surface area contributed by atoms with Crippen molar-refractivity contribution in [1.29, 1.82) is 0 Å². The van der Waals surface area contributed by atoms with Crippen molar-refractivity contribution in [2.45, 2.75) is 26.1 Å². The van der Waals surface area contributed by atoms with E-state index in [1.807, 2.05) is 0 Å². The molecular weight excluding hydrogens is 252 g/mol. The number of aliphatic hydroxyl groups excluding tert-OH is 2. The van der Waals surface area contributed by atoms with Crippen LogP contribution >= 0.6 is 0 Å². The predicted molar refractivity (Wildman–Crippen MR) is 66.5 cm³/mol. The Balaban J connectivity index is 2.35. The summed E-state index contributed by atoms with van der Waals surface area (Å²) >= 11 is 0. The molecule has 7 nitrogen and oxygen atoms in total. The third-order valence-corrected chi connectivity index (χ3v) is 2.87. The number of hydrogen-bond acceptors (Lipinski definition) is 6. The van der Waals surface area contributed by atoms with Crippen LogP contribution in [0.25, 0.3) is 5.88 Å². The lowest BCUT2D eigenvalue weighted by Crippen LogP contribution is -2.27. The van der Waals surface area contributed by atoms with Crippen molar-refractivity contribution in [2.75, 3.05) is 13.2 Å². The largest absolute Gasteiger partial charge is 0.478 e. The monoisotopic (exact) mass is 268 g/mol. The summed E-state index contributed by atoms with van der Waals surface area (Å²) in [5.74, 6) is 0.436. The summed E-state index contributed by atoms with van der Waals surface area (Å²) in [6.45, 7) is 3.52. The summed E-state index contributed by atoms with van der Waals surface area (Å²) in [5, 5.41) is 18.9. The fourth-order valence-electron chi connectivity index (χ4n) is 1.86. The molecule has 0 saturated carbocycles. The van der Waals surface area contributed by atoms with Gasteiger partial charge in [0.2, 0.25) is 11.8 Å². The maximum absolute atomic E-state index is 11.9. The SMILES string of the molecule is CCOc1ccn(C2=C(C)C(O)[C@@H](CO)O2)c(=O)n1. The summed E-state index contributed by atoms with van der Waals surface area (Å²) in [4.78, 5) is 15.6. The number of nitrogens with zero attached hydrogens (tertiary/aromatic N) is 2. The van der Waals surface area contributed by atoms with Crippen molar-refractivity contribution in [2.24, 2.45) is 0 Å². The first-order valence-electron chi connectivity index (χ1n) is 5.97. The van der Waals surface area contributed by atoms with E-state index in [9.17, 15) is 9.90 Å². The Kier molecular flexibility index (Phi) is 3.87. The standard InChI is InChI=1S/C12H16N2O5/c1-3-18-9-4-5-14(12(17)13-9)11-7(2)10(16)8(6-15)19-11/h4-5,8,10,15-16H,3,6H2,1-2H3/t8-,10?/m1/s1. The third-order valence-electron chi connectivity index (χ3n) is 2.87. The van der Waals surface area contributed by atoms with Gasteiger partial charge in [0.1, 0.15) is 6.10 Å². The van der Waals surface area contributed by atoms with E-state index in [-0.39, 0.29) is 18.4 Å². The van der Waals surface area contributed by atoms with Gasteiger partial charge in [-0.2, -0.15) is 4.98 Å². The highest BCUT2D eigenvalue weighted by Gasteiger charge is 2.33. The van der Waals surface area contributed by atoms with Crippen LogP contribution in [0.1, 0.15) is 13.8 Å². The van der Waals surface area contributed by atoms with E-state index >= 15 is 0 Å². The highest BCUT2D eigenvalue weighted by Crippen LogP contribution is 2.27. The summed E-state index contributed by atoms with van der Waals surface area (Å²) in [6, 6.07) is 1.53. The molecule has 7 heteroatoms. The number of ether oxygens (including phenoxy) is 2. The van der Waals surface area contributed by atoms with Gasteiger partial charge < -0.3 is 19.7 Å². The van der Waals surface area contributed by atoms with Crippen molar-refractivity contribution >= 4 is 5.88 Å². The zero-order valence-electron chi connectivity index (χ0n) is 10.7. The maximum Gasteiger partial charge on any atom is 0.357 e. The van der Waals surface area contributed by atoms with Crippen LogP contribution in [0.15, 0.2) is 22.6 Å². The van der Waals surface area contributed by atoms with Crippen LogP contribution < -0.4 is 10.4 Å². The van der Waals surface area contributed by atoms with Crippen LogP contribution in [0.4, 0.5) is 0 Å². The molecule has 0 aliphatic carbocycles. The predicted octanol–water partition coefficient (Wildman–Crippen LogP) is -0.418. The van der Waals surface area contributed by atoms with Gasteiger partial charge in [0.05, 0.1) is 13.2 Å². The first-order valence-corrected chi connectivity index (χ1v) is 5.97. The highest BCUT2D eigenvalue weighted by molar-refractivity contribution is 5.48. The van der Waals surface area contributed by atoms with E-state index in [0.717, 1.165) is 0 Å². The summed E-state index contributed by atoms with van der Waals surface area (Å²) in [5.41, 5.74) is -0.0850. The Labute approximate surface area is 109 Å². The maximum atomic E-state index is 11.9. The average Bonchev–Trinajstić information content (AvgIpc) is 2.67. The molecule has 0 aromatic carbocycles. The van der Waals surface area contributed by atoms with Crippen molar-refractivity contribution in [3.63, 3.8) is 0 Å². The van der Waals surface area contributed by atoms with Gasteiger partial charge in [-0.05, 0) is 13.8 Å². The molecule has 2 N–H and O–H groups in total. The molecular formula is C12H16N2O5. The van der Waals surface area contributed by atoms with E-state index in [1.54, 1.807) is 13.8 Å².